The van der Waals surface area contributed by atoms with Crippen molar-refractivity contribution in [1.82, 2.24) is 9.97 Å². The zero-order valence-corrected chi connectivity index (χ0v) is 14.9. The van der Waals surface area contributed by atoms with Crippen LogP contribution in [0.1, 0.15) is 12.5 Å². The molecule has 2 aromatic carbocycles. The van der Waals surface area contributed by atoms with Crippen LogP contribution in [0.5, 0.6) is 0 Å². The monoisotopic (exact) mass is 371 g/mol. The molecule has 0 bridgehead atoms. The summed E-state index contributed by atoms with van der Waals surface area (Å²) in [6, 6.07) is 14.4. The first-order chi connectivity index (χ1) is 11.9. The summed E-state index contributed by atoms with van der Waals surface area (Å²) in [5.74, 6) is 0.667. The zero-order valence-electron chi connectivity index (χ0n) is 13.3. The van der Waals surface area contributed by atoms with Crippen LogP contribution in [0.2, 0.25) is 10.0 Å². The van der Waals surface area contributed by atoms with Crippen LogP contribution in [0.25, 0.3) is 11.3 Å². The van der Waals surface area contributed by atoms with Crippen molar-refractivity contribution >= 4 is 46.4 Å². The lowest BCUT2D eigenvalue weighted by Gasteiger charge is -2.10. The van der Waals surface area contributed by atoms with E-state index >= 15 is 0 Å². The van der Waals surface area contributed by atoms with Crippen LogP contribution in [0.15, 0.2) is 48.5 Å². The van der Waals surface area contributed by atoms with E-state index in [1.54, 1.807) is 31.2 Å². The first-order valence-electron chi connectivity index (χ1n) is 7.45. The molecule has 0 unspecified atom stereocenters. The second kappa shape index (κ2) is 7.09. The Morgan fingerprint density at radius 2 is 1.76 bits per heavy atom. The quantitative estimate of drug-likeness (QED) is 0.552. The van der Waals surface area contributed by atoms with Crippen LogP contribution >= 0.6 is 23.2 Å². The predicted octanol–water partition coefficient (Wildman–Crippen LogP) is 5.16. The summed E-state index contributed by atoms with van der Waals surface area (Å²) in [5, 5.41) is 11.9. The molecule has 0 fully saturated rings. The fourth-order valence-electron chi connectivity index (χ4n) is 2.31. The normalized spacial score (nSPS) is 10.5. The van der Waals surface area contributed by atoms with Crippen LogP contribution in [-0.4, -0.2) is 15.7 Å². The summed E-state index contributed by atoms with van der Waals surface area (Å²) in [6.07, 6.45) is 0. The van der Waals surface area contributed by atoms with E-state index in [2.05, 4.69) is 15.3 Å². The molecule has 3 aromatic rings. The largest absolute Gasteiger partial charge is 0.368 e. The van der Waals surface area contributed by atoms with Gasteiger partial charge in [0, 0.05) is 28.1 Å². The van der Waals surface area contributed by atoms with Gasteiger partial charge in [0.1, 0.15) is 5.82 Å². The molecule has 5 nitrogen and oxygen atoms in total. The summed E-state index contributed by atoms with van der Waals surface area (Å²) < 4.78 is 0. The van der Waals surface area contributed by atoms with Gasteiger partial charge in [0.05, 0.1) is 10.7 Å². The molecule has 0 aliphatic heterocycles. The molecule has 1 heterocycles. The van der Waals surface area contributed by atoms with Gasteiger partial charge in [-0.05, 0) is 42.8 Å². The maximum Gasteiger partial charge on any atom is 0.222 e. The Bertz CT molecular complexity index is 939. The number of nitrogen functional groups attached to an aromatic ring is 1. The highest BCUT2D eigenvalue weighted by atomic mass is 35.5. The molecule has 0 saturated carbocycles. The lowest BCUT2D eigenvalue weighted by Crippen LogP contribution is -2.02. The maximum absolute atomic E-state index is 7.64. The zero-order chi connectivity index (χ0) is 18.0. The molecular formula is C18H15Cl2N5. The van der Waals surface area contributed by atoms with Crippen molar-refractivity contribution in [3.8, 4) is 11.3 Å². The van der Waals surface area contributed by atoms with E-state index in [9.17, 15) is 0 Å². The van der Waals surface area contributed by atoms with Gasteiger partial charge in [-0.1, -0.05) is 35.3 Å². The van der Waals surface area contributed by atoms with Crippen molar-refractivity contribution < 1.29 is 0 Å². The van der Waals surface area contributed by atoms with E-state index in [4.69, 9.17) is 34.3 Å². The van der Waals surface area contributed by atoms with Crippen LogP contribution in [0.4, 0.5) is 17.5 Å². The van der Waals surface area contributed by atoms with Gasteiger partial charge in [-0.2, -0.15) is 4.98 Å². The standard InChI is InChI=1S/C18H15Cl2N5/c1-10(21)11-2-5-13(6-3-11)23-17-9-16(24-18(22)25-17)14-8-12(19)4-7-15(14)20/h2-9,21H,1H3,(H3,22,23,24,25). The average Bonchev–Trinajstić information content (AvgIpc) is 2.57. The van der Waals surface area contributed by atoms with Gasteiger partial charge in [-0.25, -0.2) is 4.98 Å². The van der Waals surface area contributed by atoms with Crippen molar-refractivity contribution in [2.45, 2.75) is 6.92 Å². The molecule has 1 aromatic heterocycles. The highest BCUT2D eigenvalue weighted by Crippen LogP contribution is 2.31. The van der Waals surface area contributed by atoms with Crippen molar-refractivity contribution in [2.24, 2.45) is 0 Å². The number of nitrogens with zero attached hydrogens (tertiary/aromatic N) is 2. The van der Waals surface area contributed by atoms with E-state index in [0.717, 1.165) is 11.3 Å². The molecule has 0 spiro atoms. The Kier molecular flexibility index (Phi) is 4.88. The van der Waals surface area contributed by atoms with Crippen LogP contribution < -0.4 is 11.1 Å². The van der Waals surface area contributed by atoms with Crippen molar-refractivity contribution in [1.29, 1.82) is 5.41 Å². The van der Waals surface area contributed by atoms with Crippen molar-refractivity contribution in [3.05, 3.63) is 64.1 Å². The fraction of sp³-hybridized carbons (Fsp3) is 0.0556. The Labute approximate surface area is 155 Å². The first kappa shape index (κ1) is 17.2. The molecule has 4 N–H and O–H groups in total. The predicted molar refractivity (Wildman–Crippen MR) is 104 cm³/mol. The molecule has 0 aliphatic rings. The lowest BCUT2D eigenvalue weighted by atomic mass is 10.1. The van der Waals surface area contributed by atoms with Crippen LogP contribution in [0.3, 0.4) is 0 Å². The smallest absolute Gasteiger partial charge is 0.222 e. The topological polar surface area (TPSA) is 87.7 Å². The average molecular weight is 372 g/mol. The summed E-state index contributed by atoms with van der Waals surface area (Å²) >= 11 is 12.3. The van der Waals surface area contributed by atoms with Crippen molar-refractivity contribution in [2.75, 3.05) is 11.1 Å². The summed E-state index contributed by atoms with van der Waals surface area (Å²) in [5.41, 5.74) is 9.29. The highest BCUT2D eigenvalue weighted by molar-refractivity contribution is 6.35. The summed E-state index contributed by atoms with van der Waals surface area (Å²) in [7, 11) is 0. The minimum absolute atomic E-state index is 0.128. The second-order valence-corrected chi connectivity index (χ2v) is 6.29. The molecule has 0 atom stereocenters. The SMILES string of the molecule is CC(=N)c1ccc(Nc2cc(-c3cc(Cl)ccc3Cl)nc(N)n2)cc1. The van der Waals surface area contributed by atoms with Gasteiger partial charge >= 0.3 is 0 Å². The Morgan fingerprint density at radius 3 is 2.44 bits per heavy atom. The van der Waals surface area contributed by atoms with E-state index in [1.165, 1.54) is 0 Å². The van der Waals surface area contributed by atoms with Gasteiger partial charge in [0.15, 0.2) is 0 Å². The molecular weight excluding hydrogens is 357 g/mol. The van der Waals surface area contributed by atoms with Crippen LogP contribution in [0, 0.1) is 5.41 Å². The third-order valence-electron chi connectivity index (χ3n) is 3.54. The first-order valence-corrected chi connectivity index (χ1v) is 8.20. The number of nitrogens with two attached hydrogens (primary N) is 1. The highest BCUT2D eigenvalue weighted by Gasteiger charge is 2.10. The number of aromatic nitrogens is 2. The maximum atomic E-state index is 7.64. The third kappa shape index (κ3) is 4.07. The lowest BCUT2D eigenvalue weighted by molar-refractivity contribution is 1.19. The minimum atomic E-state index is 0.128. The molecule has 0 saturated heterocycles. The van der Waals surface area contributed by atoms with Crippen LogP contribution in [-0.2, 0) is 0 Å². The van der Waals surface area contributed by atoms with E-state index < -0.39 is 0 Å². The number of hydrogen-bond acceptors (Lipinski definition) is 5. The number of rotatable bonds is 4. The Morgan fingerprint density at radius 1 is 1.04 bits per heavy atom. The molecule has 7 heteroatoms. The molecule has 0 amide bonds. The third-order valence-corrected chi connectivity index (χ3v) is 4.10. The summed E-state index contributed by atoms with van der Waals surface area (Å²) in [6.45, 7) is 1.74. The molecule has 3 rings (SSSR count). The number of hydrogen-bond donors (Lipinski definition) is 3. The number of anilines is 3. The van der Waals surface area contributed by atoms with E-state index in [1.807, 2.05) is 24.3 Å². The molecule has 25 heavy (non-hydrogen) atoms. The second-order valence-electron chi connectivity index (χ2n) is 5.45. The van der Waals surface area contributed by atoms with E-state index in [0.29, 0.717) is 32.8 Å². The number of halogens is 2. The van der Waals surface area contributed by atoms with E-state index in [-0.39, 0.29) is 5.95 Å². The molecule has 126 valence electrons. The van der Waals surface area contributed by atoms with Gasteiger partial charge < -0.3 is 16.5 Å². The molecule has 0 radical (unpaired) electrons. The minimum Gasteiger partial charge on any atom is -0.368 e. The van der Waals surface area contributed by atoms with Crippen molar-refractivity contribution in [3.63, 3.8) is 0 Å². The summed E-state index contributed by atoms with van der Waals surface area (Å²) in [4.78, 5) is 8.44. The Hall–Kier alpha value is -2.63. The van der Waals surface area contributed by atoms with Gasteiger partial charge in [-0.3, -0.25) is 0 Å². The van der Waals surface area contributed by atoms with Gasteiger partial charge in [0.25, 0.3) is 0 Å². The Balaban J connectivity index is 1.94. The number of nitrogens with one attached hydrogen (secondary N) is 2. The van der Waals surface area contributed by atoms with Gasteiger partial charge in [-0.15, -0.1) is 0 Å². The number of benzene rings is 2. The fourth-order valence-corrected chi connectivity index (χ4v) is 2.70. The molecule has 0 aliphatic carbocycles. The van der Waals surface area contributed by atoms with Gasteiger partial charge in [0.2, 0.25) is 5.95 Å².